The van der Waals surface area contributed by atoms with Crippen molar-refractivity contribution in [1.29, 1.82) is 0 Å². The van der Waals surface area contributed by atoms with Gasteiger partial charge in [0.2, 0.25) is 0 Å². The van der Waals surface area contributed by atoms with Gasteiger partial charge < -0.3 is 10.1 Å². The van der Waals surface area contributed by atoms with Gasteiger partial charge in [-0.1, -0.05) is 36.8 Å². The Hall–Kier alpha value is -3.22. The molecule has 7 nitrogen and oxygen atoms in total. The molecule has 0 aliphatic rings. The second kappa shape index (κ2) is 9.82. The molecule has 1 aromatic carbocycles. The van der Waals surface area contributed by atoms with E-state index in [1.54, 1.807) is 10.9 Å². The fourth-order valence-electron chi connectivity index (χ4n) is 3.19. The van der Waals surface area contributed by atoms with Crippen LogP contribution in [0.5, 0.6) is 0 Å². The molecule has 1 N–H and O–H groups in total. The molecule has 2 heterocycles. The van der Waals surface area contributed by atoms with Gasteiger partial charge in [-0.15, -0.1) is 0 Å². The van der Waals surface area contributed by atoms with Crippen molar-refractivity contribution in [3.8, 4) is 11.3 Å². The highest BCUT2D eigenvalue weighted by atomic mass is 16.5. The molecule has 0 saturated carbocycles. The number of fused-ring (bicyclic) bond motifs is 1. The number of pyridine rings is 1. The predicted molar refractivity (Wildman–Crippen MR) is 111 cm³/mol. The number of hydrogen-bond donors (Lipinski definition) is 1. The van der Waals surface area contributed by atoms with Gasteiger partial charge in [0.1, 0.15) is 0 Å². The van der Waals surface area contributed by atoms with Gasteiger partial charge in [-0.05, 0) is 25.8 Å². The quantitative estimate of drug-likeness (QED) is 0.443. The van der Waals surface area contributed by atoms with Crippen LogP contribution in [0.15, 0.2) is 42.6 Å². The minimum Gasteiger partial charge on any atom is -0.469 e. The number of carbonyl (C=O) groups excluding carboxylic acids is 2. The number of hydrogen-bond acceptors (Lipinski definition) is 5. The SMILES string of the molecule is CCn1ncc2c(C(=O)NCCCCCC(=O)OC)cc(-c3ccccc3)nc21. The number of benzene rings is 1. The molecule has 0 saturated heterocycles. The molecule has 0 aliphatic heterocycles. The number of unbranched alkanes of at least 4 members (excludes halogenated alkanes) is 2. The summed E-state index contributed by atoms with van der Waals surface area (Å²) in [5, 5.41) is 8.09. The summed E-state index contributed by atoms with van der Waals surface area (Å²) in [7, 11) is 1.39. The third-order valence-electron chi connectivity index (χ3n) is 4.79. The number of amides is 1. The van der Waals surface area contributed by atoms with E-state index >= 15 is 0 Å². The average molecular weight is 394 g/mol. The molecule has 0 radical (unpaired) electrons. The van der Waals surface area contributed by atoms with E-state index in [0.29, 0.717) is 30.7 Å². The highest BCUT2D eigenvalue weighted by molar-refractivity contribution is 6.06. The zero-order valence-electron chi connectivity index (χ0n) is 16.9. The number of nitrogens with zero attached hydrogens (tertiary/aromatic N) is 3. The Balaban J connectivity index is 1.74. The van der Waals surface area contributed by atoms with Crippen molar-refractivity contribution in [2.24, 2.45) is 0 Å². The summed E-state index contributed by atoms with van der Waals surface area (Å²) in [6.07, 6.45) is 4.52. The fraction of sp³-hybridized carbons (Fsp3) is 0.364. The van der Waals surface area contributed by atoms with E-state index in [2.05, 4.69) is 15.2 Å². The summed E-state index contributed by atoms with van der Waals surface area (Å²) >= 11 is 0. The van der Waals surface area contributed by atoms with Crippen molar-refractivity contribution in [2.45, 2.75) is 39.2 Å². The van der Waals surface area contributed by atoms with Crippen LogP contribution in [0.3, 0.4) is 0 Å². The molecular weight excluding hydrogens is 368 g/mol. The number of methoxy groups -OCH3 is 1. The van der Waals surface area contributed by atoms with E-state index in [4.69, 9.17) is 4.98 Å². The van der Waals surface area contributed by atoms with Crippen molar-refractivity contribution >= 4 is 22.9 Å². The fourth-order valence-corrected chi connectivity index (χ4v) is 3.19. The number of rotatable bonds is 9. The molecule has 0 atom stereocenters. The standard InChI is InChI=1S/C22H26N4O3/c1-3-26-21-18(15-24-26)17(14-19(25-21)16-10-6-4-7-11-16)22(28)23-13-9-5-8-12-20(27)29-2/h4,6-7,10-11,14-15H,3,5,8-9,12-13H2,1-2H3,(H,23,28). The maximum Gasteiger partial charge on any atom is 0.305 e. The summed E-state index contributed by atoms with van der Waals surface area (Å²) in [5.74, 6) is -0.340. The highest BCUT2D eigenvalue weighted by Gasteiger charge is 2.17. The average Bonchev–Trinajstić information content (AvgIpc) is 3.18. The van der Waals surface area contributed by atoms with Crippen LogP contribution in [0.25, 0.3) is 22.3 Å². The number of esters is 1. The van der Waals surface area contributed by atoms with Gasteiger partial charge in [0.05, 0.1) is 30.0 Å². The topological polar surface area (TPSA) is 86.1 Å². The first kappa shape index (κ1) is 20.5. The number of carbonyl (C=O) groups is 2. The first-order chi connectivity index (χ1) is 14.1. The molecule has 0 unspecified atom stereocenters. The van der Waals surface area contributed by atoms with Crippen LogP contribution >= 0.6 is 0 Å². The lowest BCUT2D eigenvalue weighted by molar-refractivity contribution is -0.140. The van der Waals surface area contributed by atoms with E-state index in [9.17, 15) is 9.59 Å². The van der Waals surface area contributed by atoms with Crippen molar-refractivity contribution in [3.63, 3.8) is 0 Å². The van der Waals surface area contributed by atoms with Gasteiger partial charge >= 0.3 is 5.97 Å². The van der Waals surface area contributed by atoms with Crippen LogP contribution in [0, 0.1) is 0 Å². The molecule has 29 heavy (non-hydrogen) atoms. The van der Waals surface area contributed by atoms with E-state index < -0.39 is 0 Å². The van der Waals surface area contributed by atoms with Crippen LogP contribution in [0.4, 0.5) is 0 Å². The van der Waals surface area contributed by atoms with Crippen LogP contribution in [-0.4, -0.2) is 40.3 Å². The lowest BCUT2D eigenvalue weighted by Crippen LogP contribution is -2.24. The van der Waals surface area contributed by atoms with Crippen LogP contribution in [0.2, 0.25) is 0 Å². The summed E-state index contributed by atoms with van der Waals surface area (Å²) in [4.78, 5) is 28.8. The third kappa shape index (κ3) is 4.99. The van der Waals surface area contributed by atoms with Gasteiger partial charge in [0.25, 0.3) is 5.91 Å². The molecule has 0 bridgehead atoms. The molecule has 3 rings (SSSR count). The molecule has 0 spiro atoms. The van der Waals surface area contributed by atoms with Gasteiger partial charge in [-0.3, -0.25) is 9.59 Å². The minimum absolute atomic E-state index is 0.141. The van der Waals surface area contributed by atoms with Crippen LogP contribution < -0.4 is 5.32 Å². The van der Waals surface area contributed by atoms with Gasteiger partial charge in [0.15, 0.2) is 5.65 Å². The molecule has 152 valence electrons. The summed E-state index contributed by atoms with van der Waals surface area (Å²) in [5.41, 5.74) is 2.98. The number of aromatic nitrogens is 3. The Morgan fingerprint density at radius 2 is 1.93 bits per heavy atom. The highest BCUT2D eigenvalue weighted by Crippen LogP contribution is 2.25. The Labute approximate surface area is 170 Å². The van der Waals surface area contributed by atoms with Crippen LogP contribution in [0.1, 0.15) is 43.0 Å². The zero-order valence-corrected chi connectivity index (χ0v) is 16.9. The summed E-state index contributed by atoms with van der Waals surface area (Å²) < 4.78 is 6.43. The number of ether oxygens (including phenoxy) is 1. The second-order valence-corrected chi connectivity index (χ2v) is 6.76. The number of nitrogens with one attached hydrogen (secondary N) is 1. The molecule has 7 heteroatoms. The van der Waals surface area contributed by atoms with Crippen molar-refractivity contribution < 1.29 is 14.3 Å². The maximum atomic E-state index is 12.9. The minimum atomic E-state index is -0.199. The summed E-state index contributed by atoms with van der Waals surface area (Å²) in [6, 6.07) is 11.6. The first-order valence-corrected chi connectivity index (χ1v) is 9.91. The van der Waals surface area contributed by atoms with Crippen LogP contribution in [-0.2, 0) is 16.1 Å². The first-order valence-electron chi connectivity index (χ1n) is 9.91. The van der Waals surface area contributed by atoms with E-state index in [1.165, 1.54) is 7.11 Å². The smallest absolute Gasteiger partial charge is 0.305 e. The third-order valence-corrected chi connectivity index (χ3v) is 4.79. The Morgan fingerprint density at radius 3 is 2.66 bits per heavy atom. The Kier molecular flexibility index (Phi) is 6.94. The van der Waals surface area contributed by atoms with Crippen molar-refractivity contribution in [3.05, 3.63) is 48.2 Å². The lowest BCUT2D eigenvalue weighted by atomic mass is 10.1. The van der Waals surface area contributed by atoms with E-state index in [1.807, 2.05) is 43.3 Å². The van der Waals surface area contributed by atoms with Crippen molar-refractivity contribution in [1.82, 2.24) is 20.1 Å². The molecular formula is C22H26N4O3. The molecule has 1 amide bonds. The summed E-state index contributed by atoms with van der Waals surface area (Å²) in [6.45, 7) is 3.22. The van der Waals surface area contributed by atoms with Gasteiger partial charge in [-0.2, -0.15) is 5.10 Å². The lowest BCUT2D eigenvalue weighted by Gasteiger charge is -2.09. The second-order valence-electron chi connectivity index (χ2n) is 6.76. The Morgan fingerprint density at radius 1 is 1.14 bits per heavy atom. The van der Waals surface area contributed by atoms with Gasteiger partial charge in [0, 0.05) is 25.1 Å². The maximum absolute atomic E-state index is 12.9. The monoisotopic (exact) mass is 394 g/mol. The van der Waals surface area contributed by atoms with E-state index in [0.717, 1.165) is 35.9 Å². The largest absolute Gasteiger partial charge is 0.469 e. The van der Waals surface area contributed by atoms with Gasteiger partial charge in [-0.25, -0.2) is 9.67 Å². The molecule has 0 fully saturated rings. The molecule has 3 aromatic rings. The zero-order chi connectivity index (χ0) is 20.6. The Bertz CT molecular complexity index is 982. The van der Waals surface area contributed by atoms with Crippen molar-refractivity contribution in [2.75, 3.05) is 13.7 Å². The molecule has 2 aromatic heterocycles. The number of aryl methyl sites for hydroxylation is 1. The van der Waals surface area contributed by atoms with E-state index in [-0.39, 0.29) is 11.9 Å². The molecule has 0 aliphatic carbocycles. The predicted octanol–water partition coefficient (Wildman–Crippen LogP) is 3.58. The normalized spacial score (nSPS) is 10.8.